The van der Waals surface area contributed by atoms with Crippen LogP contribution < -0.4 is 0 Å². The number of hydrogen-bond donors (Lipinski definition) is 0. The Labute approximate surface area is 101 Å². The number of Topliss-reactive ketones (excluding diaryl/α,β-unsaturated/α-hetero) is 1. The number of halogens is 1. The van der Waals surface area contributed by atoms with E-state index in [-0.39, 0.29) is 5.78 Å². The molecular formula is C11H8FNOS2. The van der Waals surface area contributed by atoms with Gasteiger partial charge in [0.25, 0.3) is 0 Å². The maximum atomic E-state index is 13.0. The van der Waals surface area contributed by atoms with E-state index in [1.165, 1.54) is 42.2 Å². The highest BCUT2D eigenvalue weighted by molar-refractivity contribution is 8.01. The predicted octanol–water partition coefficient (Wildman–Crippen LogP) is 3.64. The lowest BCUT2D eigenvalue weighted by molar-refractivity contribution is 0.101. The summed E-state index contributed by atoms with van der Waals surface area (Å²) in [6.07, 6.45) is 1.70. The Balaban J connectivity index is 2.36. The van der Waals surface area contributed by atoms with Crippen molar-refractivity contribution in [1.29, 1.82) is 0 Å². The molecule has 0 bridgehead atoms. The summed E-state index contributed by atoms with van der Waals surface area (Å²) in [5.74, 6) is -0.535. The van der Waals surface area contributed by atoms with E-state index in [9.17, 15) is 9.18 Å². The number of ketones is 1. The topological polar surface area (TPSA) is 30.0 Å². The summed E-state index contributed by atoms with van der Waals surface area (Å²) >= 11 is 2.87. The van der Waals surface area contributed by atoms with Crippen LogP contribution in [-0.2, 0) is 0 Å². The minimum absolute atomic E-state index is 0.140. The SMILES string of the molecule is CC(=O)c1cc(F)ccc1Sc1nccs1. The molecule has 2 rings (SSSR count). The van der Waals surface area contributed by atoms with Crippen molar-refractivity contribution in [3.8, 4) is 0 Å². The number of carbonyl (C=O) groups excluding carboxylic acids is 1. The molecule has 2 aromatic rings. The monoisotopic (exact) mass is 253 g/mol. The molecule has 0 aliphatic heterocycles. The van der Waals surface area contributed by atoms with Crippen molar-refractivity contribution >= 4 is 28.9 Å². The van der Waals surface area contributed by atoms with E-state index in [0.29, 0.717) is 5.56 Å². The molecule has 5 heteroatoms. The number of nitrogens with zero attached hydrogens (tertiary/aromatic N) is 1. The average molecular weight is 253 g/mol. The molecule has 0 saturated carbocycles. The molecule has 1 aromatic carbocycles. The highest BCUT2D eigenvalue weighted by atomic mass is 32.2. The van der Waals surface area contributed by atoms with Gasteiger partial charge in [-0.05, 0) is 25.1 Å². The fourth-order valence-electron chi connectivity index (χ4n) is 1.22. The molecule has 0 atom stereocenters. The zero-order valence-electron chi connectivity index (χ0n) is 8.44. The van der Waals surface area contributed by atoms with Crippen LogP contribution in [0.5, 0.6) is 0 Å². The van der Waals surface area contributed by atoms with E-state index < -0.39 is 5.82 Å². The second-order valence-corrected chi connectivity index (χ2v) is 5.28. The van der Waals surface area contributed by atoms with Gasteiger partial charge in [0.2, 0.25) is 0 Å². The van der Waals surface area contributed by atoms with Crippen LogP contribution in [0.15, 0.2) is 39.0 Å². The highest BCUT2D eigenvalue weighted by Crippen LogP contribution is 2.32. The van der Waals surface area contributed by atoms with Gasteiger partial charge in [-0.2, -0.15) is 0 Å². The Morgan fingerprint density at radius 2 is 2.31 bits per heavy atom. The maximum Gasteiger partial charge on any atom is 0.161 e. The molecule has 0 N–H and O–H groups in total. The first kappa shape index (κ1) is 11.3. The molecule has 0 amide bonds. The highest BCUT2D eigenvalue weighted by Gasteiger charge is 2.10. The fraction of sp³-hybridized carbons (Fsp3) is 0.0909. The quantitative estimate of drug-likeness (QED) is 0.782. The lowest BCUT2D eigenvalue weighted by Gasteiger charge is -2.04. The Morgan fingerprint density at radius 3 is 2.94 bits per heavy atom. The third kappa shape index (κ3) is 2.48. The zero-order chi connectivity index (χ0) is 11.5. The molecule has 0 radical (unpaired) electrons. The Kier molecular flexibility index (Phi) is 3.36. The fourth-order valence-corrected chi connectivity index (χ4v) is 2.96. The molecule has 0 fully saturated rings. The number of aromatic nitrogens is 1. The smallest absolute Gasteiger partial charge is 0.161 e. The first-order valence-corrected chi connectivity index (χ1v) is 6.24. The van der Waals surface area contributed by atoms with Crippen LogP contribution in [0.4, 0.5) is 4.39 Å². The summed E-state index contributed by atoms with van der Waals surface area (Å²) < 4.78 is 13.9. The molecule has 1 heterocycles. The predicted molar refractivity (Wildman–Crippen MR) is 62.6 cm³/mol. The van der Waals surface area contributed by atoms with Gasteiger partial charge in [-0.1, -0.05) is 11.8 Å². The van der Waals surface area contributed by atoms with Gasteiger partial charge < -0.3 is 0 Å². The zero-order valence-corrected chi connectivity index (χ0v) is 10.1. The van der Waals surface area contributed by atoms with E-state index in [4.69, 9.17) is 0 Å². The number of thiazole rings is 1. The van der Waals surface area contributed by atoms with Crippen LogP contribution >= 0.6 is 23.1 Å². The second kappa shape index (κ2) is 4.76. The molecule has 1 aromatic heterocycles. The van der Waals surface area contributed by atoms with Crippen LogP contribution in [0.25, 0.3) is 0 Å². The van der Waals surface area contributed by atoms with Gasteiger partial charge in [-0.25, -0.2) is 9.37 Å². The summed E-state index contributed by atoms with van der Waals surface area (Å²) in [5, 5.41) is 1.86. The van der Waals surface area contributed by atoms with E-state index in [1.54, 1.807) is 12.3 Å². The van der Waals surface area contributed by atoms with Crippen LogP contribution in [0.3, 0.4) is 0 Å². The van der Waals surface area contributed by atoms with Crippen molar-refractivity contribution in [2.24, 2.45) is 0 Å². The number of benzene rings is 1. The summed E-state index contributed by atoms with van der Waals surface area (Å²) in [6, 6.07) is 4.22. The minimum atomic E-state index is -0.395. The first-order chi connectivity index (χ1) is 7.66. The van der Waals surface area contributed by atoms with Crippen molar-refractivity contribution in [2.45, 2.75) is 16.2 Å². The van der Waals surface area contributed by atoms with Crippen molar-refractivity contribution in [1.82, 2.24) is 4.98 Å². The van der Waals surface area contributed by atoms with E-state index >= 15 is 0 Å². The van der Waals surface area contributed by atoms with Gasteiger partial charge in [0.15, 0.2) is 10.1 Å². The Morgan fingerprint density at radius 1 is 1.50 bits per heavy atom. The molecule has 0 aliphatic rings. The van der Waals surface area contributed by atoms with Crippen molar-refractivity contribution in [3.05, 3.63) is 41.2 Å². The molecule has 0 unspecified atom stereocenters. The second-order valence-electron chi connectivity index (χ2n) is 3.10. The van der Waals surface area contributed by atoms with Gasteiger partial charge in [-0.3, -0.25) is 4.79 Å². The average Bonchev–Trinajstić information content (AvgIpc) is 2.73. The van der Waals surface area contributed by atoms with Crippen molar-refractivity contribution in [3.63, 3.8) is 0 Å². The third-order valence-corrected chi connectivity index (χ3v) is 3.89. The lowest BCUT2D eigenvalue weighted by Crippen LogP contribution is -1.96. The molecule has 82 valence electrons. The van der Waals surface area contributed by atoms with E-state index in [0.717, 1.165) is 9.24 Å². The van der Waals surface area contributed by atoms with Gasteiger partial charge in [0.05, 0.1) is 0 Å². The summed E-state index contributed by atoms with van der Waals surface area (Å²) in [5.41, 5.74) is 0.403. The third-order valence-electron chi connectivity index (χ3n) is 1.93. The summed E-state index contributed by atoms with van der Waals surface area (Å²) in [4.78, 5) is 16.2. The molecular weight excluding hydrogens is 245 g/mol. The molecule has 0 saturated heterocycles. The van der Waals surface area contributed by atoms with Crippen molar-refractivity contribution in [2.75, 3.05) is 0 Å². The summed E-state index contributed by atoms with van der Waals surface area (Å²) in [6.45, 7) is 1.43. The van der Waals surface area contributed by atoms with E-state index in [2.05, 4.69) is 4.98 Å². The van der Waals surface area contributed by atoms with Crippen LogP contribution in [0.1, 0.15) is 17.3 Å². The standard InChI is InChI=1S/C11H8FNOS2/c1-7(14)9-6-8(12)2-3-10(9)16-11-13-4-5-15-11/h2-6H,1H3. The summed E-state index contributed by atoms with van der Waals surface area (Å²) in [7, 11) is 0. The number of hydrogen-bond acceptors (Lipinski definition) is 4. The first-order valence-electron chi connectivity index (χ1n) is 4.54. The molecule has 0 aliphatic carbocycles. The minimum Gasteiger partial charge on any atom is -0.294 e. The van der Waals surface area contributed by atoms with Crippen LogP contribution in [0, 0.1) is 5.82 Å². The lowest BCUT2D eigenvalue weighted by atomic mass is 10.1. The van der Waals surface area contributed by atoms with E-state index in [1.807, 2.05) is 5.38 Å². The van der Waals surface area contributed by atoms with Gasteiger partial charge in [-0.15, -0.1) is 11.3 Å². The maximum absolute atomic E-state index is 13.0. The van der Waals surface area contributed by atoms with Gasteiger partial charge in [0.1, 0.15) is 5.82 Å². The number of rotatable bonds is 3. The largest absolute Gasteiger partial charge is 0.294 e. The molecule has 0 spiro atoms. The molecule has 16 heavy (non-hydrogen) atoms. The molecule has 2 nitrogen and oxygen atoms in total. The Bertz CT molecular complexity index is 511. The van der Waals surface area contributed by atoms with Crippen LogP contribution in [0.2, 0.25) is 0 Å². The number of carbonyl (C=O) groups is 1. The van der Waals surface area contributed by atoms with Gasteiger partial charge >= 0.3 is 0 Å². The van der Waals surface area contributed by atoms with Gasteiger partial charge in [0, 0.05) is 22.0 Å². The normalized spacial score (nSPS) is 10.4. The van der Waals surface area contributed by atoms with Crippen LogP contribution in [-0.4, -0.2) is 10.8 Å². The van der Waals surface area contributed by atoms with Crippen molar-refractivity contribution < 1.29 is 9.18 Å². The Hall–Kier alpha value is -1.20.